The molecule has 1 amide bonds. The van der Waals surface area contributed by atoms with Gasteiger partial charge in [0, 0.05) is 5.69 Å². The van der Waals surface area contributed by atoms with Crippen molar-refractivity contribution in [3.05, 3.63) is 59.7 Å². The number of benzene rings is 2. The highest BCUT2D eigenvalue weighted by Crippen LogP contribution is 2.23. The lowest BCUT2D eigenvalue weighted by molar-refractivity contribution is -0.119. The van der Waals surface area contributed by atoms with E-state index in [0.717, 1.165) is 0 Å². The summed E-state index contributed by atoms with van der Waals surface area (Å²) < 4.78 is 10.1. The van der Waals surface area contributed by atoms with Gasteiger partial charge in [-0.2, -0.15) is 0 Å². The summed E-state index contributed by atoms with van der Waals surface area (Å²) in [5.41, 5.74) is 2.22. The minimum atomic E-state index is -0.572. The van der Waals surface area contributed by atoms with Gasteiger partial charge in [0.1, 0.15) is 5.75 Å². The van der Waals surface area contributed by atoms with Gasteiger partial charge in [-0.3, -0.25) is 4.79 Å². The third kappa shape index (κ3) is 5.35. The average molecular weight is 341 g/mol. The fourth-order valence-electron chi connectivity index (χ4n) is 2.22. The maximum atomic E-state index is 12.0. The van der Waals surface area contributed by atoms with Gasteiger partial charge in [-0.1, -0.05) is 39.0 Å². The molecule has 1 N–H and O–H groups in total. The van der Waals surface area contributed by atoms with Crippen LogP contribution in [-0.4, -0.2) is 25.6 Å². The standard InChI is InChI=1S/C20H23NO4/c1-20(2,3)15-8-10-16(11-9-15)21-18(22)13-25-19(23)14-6-5-7-17(12-14)24-4/h5-12H,13H2,1-4H3,(H,21,22). The van der Waals surface area contributed by atoms with Crippen molar-refractivity contribution in [1.29, 1.82) is 0 Å². The van der Waals surface area contributed by atoms with Crippen LogP contribution in [0.3, 0.4) is 0 Å². The zero-order valence-electron chi connectivity index (χ0n) is 15.0. The molecule has 0 radical (unpaired) electrons. The van der Waals surface area contributed by atoms with Gasteiger partial charge in [0.05, 0.1) is 12.7 Å². The number of anilines is 1. The number of rotatable bonds is 5. The van der Waals surface area contributed by atoms with Crippen molar-refractivity contribution in [2.45, 2.75) is 26.2 Å². The number of hydrogen-bond donors (Lipinski definition) is 1. The fourth-order valence-corrected chi connectivity index (χ4v) is 2.22. The van der Waals surface area contributed by atoms with Gasteiger partial charge >= 0.3 is 5.97 Å². The van der Waals surface area contributed by atoms with Crippen molar-refractivity contribution in [2.75, 3.05) is 19.0 Å². The molecule has 0 atom stereocenters. The smallest absolute Gasteiger partial charge is 0.338 e. The lowest BCUT2D eigenvalue weighted by atomic mass is 9.87. The summed E-state index contributed by atoms with van der Waals surface area (Å²) in [5.74, 6) is -0.408. The molecule has 5 nitrogen and oxygen atoms in total. The molecule has 0 bridgehead atoms. The second-order valence-corrected chi connectivity index (χ2v) is 6.68. The molecule has 0 aliphatic rings. The Bertz CT molecular complexity index is 745. The van der Waals surface area contributed by atoms with Crippen molar-refractivity contribution in [3.8, 4) is 5.75 Å². The number of nitrogens with one attached hydrogen (secondary N) is 1. The van der Waals surface area contributed by atoms with Crippen LogP contribution in [0.1, 0.15) is 36.7 Å². The zero-order chi connectivity index (χ0) is 18.4. The van der Waals surface area contributed by atoms with E-state index in [1.54, 1.807) is 24.3 Å². The van der Waals surface area contributed by atoms with E-state index in [0.29, 0.717) is 17.0 Å². The number of carbonyl (C=O) groups excluding carboxylic acids is 2. The van der Waals surface area contributed by atoms with E-state index >= 15 is 0 Å². The molecule has 0 heterocycles. The number of carbonyl (C=O) groups is 2. The molecule has 5 heteroatoms. The SMILES string of the molecule is COc1cccc(C(=O)OCC(=O)Nc2ccc(C(C)(C)C)cc2)c1. The van der Waals surface area contributed by atoms with E-state index in [2.05, 4.69) is 26.1 Å². The first-order valence-electron chi connectivity index (χ1n) is 8.01. The maximum absolute atomic E-state index is 12.0. The second kappa shape index (κ2) is 7.83. The highest BCUT2D eigenvalue weighted by molar-refractivity contribution is 5.95. The van der Waals surface area contributed by atoms with E-state index in [4.69, 9.17) is 9.47 Å². The molecule has 0 aliphatic heterocycles. The minimum absolute atomic E-state index is 0.0504. The third-order valence-corrected chi connectivity index (χ3v) is 3.67. The molecule has 0 saturated carbocycles. The van der Waals surface area contributed by atoms with Crippen LogP contribution >= 0.6 is 0 Å². The van der Waals surface area contributed by atoms with Gasteiger partial charge in [0.25, 0.3) is 5.91 Å². The molecular formula is C20H23NO4. The summed E-state index contributed by atoms with van der Waals surface area (Å²) >= 11 is 0. The monoisotopic (exact) mass is 341 g/mol. The van der Waals surface area contributed by atoms with Gasteiger partial charge in [0.15, 0.2) is 6.61 Å². The van der Waals surface area contributed by atoms with Crippen LogP contribution in [0.2, 0.25) is 0 Å². The summed E-state index contributed by atoms with van der Waals surface area (Å²) in [6.45, 7) is 6.02. The molecule has 2 aromatic carbocycles. The number of ether oxygens (including phenoxy) is 2. The molecule has 0 fully saturated rings. The van der Waals surface area contributed by atoms with Gasteiger partial charge < -0.3 is 14.8 Å². The Morgan fingerprint density at radius 2 is 1.72 bits per heavy atom. The van der Waals surface area contributed by atoms with Crippen LogP contribution in [0.5, 0.6) is 5.75 Å². The zero-order valence-corrected chi connectivity index (χ0v) is 15.0. The Morgan fingerprint density at radius 1 is 1.04 bits per heavy atom. The second-order valence-electron chi connectivity index (χ2n) is 6.68. The summed E-state index contributed by atoms with van der Waals surface area (Å²) in [6, 6.07) is 14.2. The van der Waals surface area contributed by atoms with Crippen LogP contribution in [0, 0.1) is 0 Å². The van der Waals surface area contributed by atoms with Gasteiger partial charge in [0.2, 0.25) is 0 Å². The molecule has 2 rings (SSSR count). The molecule has 132 valence electrons. The average Bonchev–Trinajstić information content (AvgIpc) is 2.59. The van der Waals surface area contributed by atoms with Crippen molar-refractivity contribution >= 4 is 17.6 Å². The first-order chi connectivity index (χ1) is 11.8. The van der Waals surface area contributed by atoms with Crippen LogP contribution in [0.25, 0.3) is 0 Å². The molecule has 0 saturated heterocycles. The lowest BCUT2D eigenvalue weighted by Gasteiger charge is -2.19. The van der Waals surface area contributed by atoms with Crippen molar-refractivity contribution < 1.29 is 19.1 Å². The molecule has 0 aliphatic carbocycles. The highest BCUT2D eigenvalue weighted by atomic mass is 16.5. The van der Waals surface area contributed by atoms with E-state index in [1.807, 2.05) is 24.3 Å². The Labute approximate surface area is 148 Å². The molecule has 0 unspecified atom stereocenters. The lowest BCUT2D eigenvalue weighted by Crippen LogP contribution is -2.21. The third-order valence-electron chi connectivity index (χ3n) is 3.67. The summed E-state index contributed by atoms with van der Waals surface area (Å²) in [7, 11) is 1.52. The number of amides is 1. The highest BCUT2D eigenvalue weighted by Gasteiger charge is 2.14. The Kier molecular flexibility index (Phi) is 5.80. The molecule has 0 aromatic heterocycles. The van der Waals surface area contributed by atoms with Crippen LogP contribution in [0.15, 0.2) is 48.5 Å². The Balaban J connectivity index is 1.89. The fraction of sp³-hybridized carbons (Fsp3) is 0.300. The molecule has 2 aromatic rings. The first-order valence-corrected chi connectivity index (χ1v) is 8.01. The van der Waals surface area contributed by atoms with Gasteiger partial charge in [-0.05, 0) is 41.3 Å². The van der Waals surface area contributed by atoms with Crippen LogP contribution in [0.4, 0.5) is 5.69 Å². The Hall–Kier alpha value is -2.82. The van der Waals surface area contributed by atoms with Crippen LogP contribution in [-0.2, 0) is 14.9 Å². The summed E-state index contributed by atoms with van der Waals surface area (Å²) in [4.78, 5) is 23.9. The van der Waals surface area contributed by atoms with Crippen molar-refractivity contribution in [1.82, 2.24) is 0 Å². The normalized spacial score (nSPS) is 10.9. The van der Waals surface area contributed by atoms with Crippen LogP contribution < -0.4 is 10.1 Å². The van der Waals surface area contributed by atoms with Crippen molar-refractivity contribution in [3.63, 3.8) is 0 Å². The summed E-state index contributed by atoms with van der Waals surface area (Å²) in [5, 5.41) is 2.71. The number of esters is 1. The maximum Gasteiger partial charge on any atom is 0.338 e. The molecule has 0 spiro atoms. The largest absolute Gasteiger partial charge is 0.497 e. The minimum Gasteiger partial charge on any atom is -0.497 e. The predicted molar refractivity (Wildman–Crippen MR) is 97.0 cm³/mol. The quantitative estimate of drug-likeness (QED) is 0.841. The number of hydrogen-bond acceptors (Lipinski definition) is 4. The van der Waals surface area contributed by atoms with Gasteiger partial charge in [-0.25, -0.2) is 4.79 Å². The topological polar surface area (TPSA) is 64.6 Å². The number of methoxy groups -OCH3 is 1. The van der Waals surface area contributed by atoms with E-state index < -0.39 is 5.97 Å². The Morgan fingerprint density at radius 3 is 2.32 bits per heavy atom. The summed E-state index contributed by atoms with van der Waals surface area (Å²) in [6.07, 6.45) is 0. The van der Waals surface area contributed by atoms with Crippen molar-refractivity contribution in [2.24, 2.45) is 0 Å². The first kappa shape index (κ1) is 18.5. The molecular weight excluding hydrogens is 318 g/mol. The predicted octanol–water partition coefficient (Wildman–Crippen LogP) is 3.79. The van der Waals surface area contributed by atoms with E-state index in [1.165, 1.54) is 12.7 Å². The van der Waals surface area contributed by atoms with E-state index in [9.17, 15) is 9.59 Å². The van der Waals surface area contributed by atoms with E-state index in [-0.39, 0.29) is 17.9 Å². The molecule has 25 heavy (non-hydrogen) atoms. The van der Waals surface area contributed by atoms with Gasteiger partial charge in [-0.15, -0.1) is 0 Å².